The van der Waals surface area contributed by atoms with E-state index >= 15 is 0 Å². The zero-order valence-corrected chi connectivity index (χ0v) is 17.6. The molecule has 1 aromatic carbocycles. The number of para-hydroxylation sites is 2. The van der Waals surface area contributed by atoms with Crippen molar-refractivity contribution in [3.63, 3.8) is 0 Å². The maximum atomic E-state index is 10.2. The molecule has 0 bridgehead atoms. The Morgan fingerprint density at radius 2 is 1.83 bits per heavy atom. The summed E-state index contributed by atoms with van der Waals surface area (Å²) in [6.45, 7) is 5.03. The van der Waals surface area contributed by atoms with Crippen molar-refractivity contribution in [2.75, 3.05) is 0 Å². The van der Waals surface area contributed by atoms with Crippen molar-refractivity contribution < 1.29 is 5.11 Å². The van der Waals surface area contributed by atoms with Gasteiger partial charge in [-0.25, -0.2) is 4.98 Å². The first kappa shape index (κ1) is 17.9. The van der Waals surface area contributed by atoms with E-state index in [0.717, 1.165) is 42.5 Å². The van der Waals surface area contributed by atoms with Crippen LogP contribution in [0.3, 0.4) is 0 Å². The average molecular weight is 389 g/mol. The van der Waals surface area contributed by atoms with Gasteiger partial charge in [-0.3, -0.25) is 0 Å². The van der Waals surface area contributed by atoms with Crippen LogP contribution in [0, 0.1) is 28.6 Å². The second kappa shape index (κ2) is 6.07. The number of nitrogens with zero attached hydrogens (tertiary/aromatic N) is 2. The molecule has 3 nitrogen and oxygen atoms in total. The lowest BCUT2D eigenvalue weighted by Crippen LogP contribution is -2.50. The first-order valence-corrected chi connectivity index (χ1v) is 11.5. The van der Waals surface area contributed by atoms with E-state index in [2.05, 4.69) is 59.8 Å². The van der Waals surface area contributed by atoms with Crippen LogP contribution in [-0.4, -0.2) is 20.8 Å². The highest BCUT2D eigenvalue weighted by Crippen LogP contribution is 2.65. The van der Waals surface area contributed by atoms with Crippen molar-refractivity contribution in [2.45, 2.75) is 64.9 Å². The van der Waals surface area contributed by atoms with Gasteiger partial charge in [-0.15, -0.1) is 0 Å². The Kier molecular flexibility index (Phi) is 3.76. The molecule has 6 atom stereocenters. The number of allylic oxidation sites excluding steroid dienone is 3. The van der Waals surface area contributed by atoms with Crippen LogP contribution in [0.2, 0.25) is 0 Å². The molecule has 1 N–H and O–H groups in total. The zero-order chi connectivity index (χ0) is 19.8. The number of imidazole rings is 1. The van der Waals surface area contributed by atoms with Crippen molar-refractivity contribution in [1.82, 2.24) is 9.55 Å². The zero-order valence-electron chi connectivity index (χ0n) is 17.6. The molecule has 1 aromatic heterocycles. The maximum Gasteiger partial charge on any atom is 0.100 e. The summed E-state index contributed by atoms with van der Waals surface area (Å²) in [5, 5.41) is 10.2. The minimum Gasteiger partial charge on any atom is -0.393 e. The normalized spacial score (nSPS) is 41.3. The van der Waals surface area contributed by atoms with E-state index in [4.69, 9.17) is 0 Å². The quantitative estimate of drug-likeness (QED) is 0.626. The second-order valence-corrected chi connectivity index (χ2v) is 10.5. The fourth-order valence-corrected chi connectivity index (χ4v) is 7.71. The monoisotopic (exact) mass is 388 g/mol. The minimum atomic E-state index is -0.117. The van der Waals surface area contributed by atoms with Gasteiger partial charge in [-0.05, 0) is 80.2 Å². The summed E-state index contributed by atoms with van der Waals surface area (Å²) in [6, 6.07) is 8.52. The van der Waals surface area contributed by atoms with E-state index in [0.29, 0.717) is 5.41 Å². The lowest BCUT2D eigenvalue weighted by atomic mass is 9.48. The molecule has 0 unspecified atom stereocenters. The smallest absolute Gasteiger partial charge is 0.100 e. The molecule has 0 aliphatic heterocycles. The number of rotatable bonds is 1. The third-order valence-corrected chi connectivity index (χ3v) is 9.33. The molecule has 2 aromatic rings. The SMILES string of the molecule is C[C@]12CC[C@H](O)CC1=CC[C@@H]1[C@H]2CC[C@]2(C)C(n3cnc4ccccc43)=CC[C@H]12. The Bertz CT molecular complexity index is 1030. The summed E-state index contributed by atoms with van der Waals surface area (Å²) in [5.41, 5.74) is 5.92. The highest BCUT2D eigenvalue weighted by atomic mass is 16.3. The molecule has 6 rings (SSSR count). The summed E-state index contributed by atoms with van der Waals surface area (Å²) < 4.78 is 2.37. The highest BCUT2D eigenvalue weighted by molar-refractivity contribution is 5.80. The van der Waals surface area contributed by atoms with Crippen molar-refractivity contribution in [1.29, 1.82) is 0 Å². The van der Waals surface area contributed by atoms with Crippen LogP contribution in [0.25, 0.3) is 16.7 Å². The molecular weight excluding hydrogens is 356 g/mol. The van der Waals surface area contributed by atoms with Crippen LogP contribution >= 0.6 is 0 Å². The van der Waals surface area contributed by atoms with Gasteiger partial charge in [0.1, 0.15) is 6.33 Å². The number of hydrogen-bond acceptors (Lipinski definition) is 2. The number of aromatic nitrogens is 2. The van der Waals surface area contributed by atoms with Gasteiger partial charge >= 0.3 is 0 Å². The maximum absolute atomic E-state index is 10.2. The first-order chi connectivity index (χ1) is 14.0. The van der Waals surface area contributed by atoms with E-state index in [1.165, 1.54) is 36.9 Å². The minimum absolute atomic E-state index is 0.117. The van der Waals surface area contributed by atoms with Gasteiger partial charge < -0.3 is 9.67 Å². The Hall–Kier alpha value is -1.87. The molecule has 1 heterocycles. The molecular formula is C26H32N2O. The summed E-state index contributed by atoms with van der Waals surface area (Å²) in [6.07, 6.45) is 15.0. The molecule has 3 heteroatoms. The highest BCUT2D eigenvalue weighted by Gasteiger charge is 2.57. The Morgan fingerprint density at radius 3 is 2.72 bits per heavy atom. The summed E-state index contributed by atoms with van der Waals surface area (Å²) >= 11 is 0. The van der Waals surface area contributed by atoms with E-state index in [1.54, 1.807) is 5.57 Å². The number of fused-ring (bicyclic) bond motifs is 6. The summed E-state index contributed by atoms with van der Waals surface area (Å²) in [4.78, 5) is 4.67. The van der Waals surface area contributed by atoms with Gasteiger partial charge in [-0.1, -0.05) is 43.7 Å². The van der Waals surface area contributed by atoms with Gasteiger partial charge in [-0.2, -0.15) is 0 Å². The molecule has 0 radical (unpaired) electrons. The summed E-state index contributed by atoms with van der Waals surface area (Å²) in [5.74, 6) is 2.26. The average Bonchev–Trinajstić information content (AvgIpc) is 3.29. The molecule has 4 aliphatic carbocycles. The lowest BCUT2D eigenvalue weighted by molar-refractivity contribution is -0.0249. The molecule has 0 saturated heterocycles. The largest absolute Gasteiger partial charge is 0.393 e. The van der Waals surface area contributed by atoms with Gasteiger partial charge in [0, 0.05) is 11.1 Å². The van der Waals surface area contributed by atoms with Gasteiger partial charge in [0.25, 0.3) is 0 Å². The fourth-order valence-electron chi connectivity index (χ4n) is 7.71. The van der Waals surface area contributed by atoms with Gasteiger partial charge in [0.2, 0.25) is 0 Å². The number of benzene rings is 1. The number of hydrogen-bond donors (Lipinski definition) is 1. The van der Waals surface area contributed by atoms with E-state index in [9.17, 15) is 5.11 Å². The molecule has 0 amide bonds. The van der Waals surface area contributed by atoms with Gasteiger partial charge in [0.15, 0.2) is 0 Å². The van der Waals surface area contributed by atoms with Crippen LogP contribution in [-0.2, 0) is 0 Å². The predicted molar refractivity (Wildman–Crippen MR) is 117 cm³/mol. The fraction of sp³-hybridized carbons (Fsp3) is 0.577. The summed E-state index contributed by atoms with van der Waals surface area (Å²) in [7, 11) is 0. The molecule has 2 saturated carbocycles. The van der Waals surface area contributed by atoms with Crippen molar-refractivity contribution in [3.05, 3.63) is 48.3 Å². The van der Waals surface area contributed by atoms with E-state index in [1.807, 2.05) is 6.33 Å². The van der Waals surface area contributed by atoms with Crippen molar-refractivity contribution in [2.24, 2.45) is 28.6 Å². The lowest BCUT2D eigenvalue weighted by Gasteiger charge is -2.57. The van der Waals surface area contributed by atoms with Crippen LogP contribution in [0.15, 0.2) is 48.3 Å². The first-order valence-electron chi connectivity index (χ1n) is 11.5. The van der Waals surface area contributed by atoms with Gasteiger partial charge in [0.05, 0.1) is 17.1 Å². The van der Waals surface area contributed by atoms with Crippen LogP contribution in [0.5, 0.6) is 0 Å². The van der Waals surface area contributed by atoms with E-state index < -0.39 is 0 Å². The Balaban J connectivity index is 1.36. The van der Waals surface area contributed by atoms with Crippen LogP contribution in [0.1, 0.15) is 58.8 Å². The van der Waals surface area contributed by atoms with E-state index in [-0.39, 0.29) is 11.5 Å². The van der Waals surface area contributed by atoms with Crippen LogP contribution in [0.4, 0.5) is 0 Å². The Labute approximate surface area is 173 Å². The second-order valence-electron chi connectivity index (χ2n) is 10.5. The molecule has 0 spiro atoms. The standard InChI is InChI=1S/C26H32N2O/c1-25-13-11-18(29)15-17(25)7-8-19-20-9-10-24(26(20,2)14-12-21(19)25)28-16-27-22-5-3-4-6-23(22)28/h3-7,10,16,18-21,29H,8-9,11-15H2,1-2H3/t18-,19-,20+,21+,25-,26-/m0/s1. The number of aliphatic hydroxyl groups is 1. The van der Waals surface area contributed by atoms with Crippen molar-refractivity contribution >= 4 is 16.7 Å². The Morgan fingerprint density at radius 1 is 1.00 bits per heavy atom. The third-order valence-electron chi connectivity index (χ3n) is 9.33. The van der Waals surface area contributed by atoms with Crippen LogP contribution < -0.4 is 0 Å². The predicted octanol–water partition coefficient (Wildman–Crippen LogP) is 5.81. The van der Waals surface area contributed by atoms with Crippen molar-refractivity contribution in [3.8, 4) is 0 Å². The molecule has 2 fully saturated rings. The molecule has 29 heavy (non-hydrogen) atoms. The number of aliphatic hydroxyl groups excluding tert-OH is 1. The molecule has 152 valence electrons. The molecule has 4 aliphatic rings. The third kappa shape index (κ3) is 2.37. The topological polar surface area (TPSA) is 38.0 Å².